The molecule has 1 amide bonds. The largest absolute Gasteiger partial charge is 0.391 e. The number of aliphatic hydroxyl groups excluding tert-OH is 1. The molecular formula is C15H22ClNO2. The molecule has 106 valence electrons. The van der Waals surface area contributed by atoms with Crippen molar-refractivity contribution < 1.29 is 9.90 Å². The summed E-state index contributed by atoms with van der Waals surface area (Å²) in [5, 5.41) is 13.1. The molecule has 0 radical (unpaired) electrons. The van der Waals surface area contributed by atoms with Gasteiger partial charge in [-0.25, -0.2) is 0 Å². The van der Waals surface area contributed by atoms with Crippen molar-refractivity contribution in [3.63, 3.8) is 0 Å². The summed E-state index contributed by atoms with van der Waals surface area (Å²) in [6.45, 7) is 4.41. The van der Waals surface area contributed by atoms with E-state index in [1.807, 2.05) is 38.1 Å². The Kier molecular flexibility index (Phi) is 6.89. The molecule has 4 heteroatoms. The Bertz CT molecular complexity index is 407. The topological polar surface area (TPSA) is 49.3 Å². The summed E-state index contributed by atoms with van der Waals surface area (Å²) in [5.41, 5.74) is 0.974. The fourth-order valence-corrected chi connectivity index (χ4v) is 2.13. The van der Waals surface area contributed by atoms with Crippen LogP contribution in [0.4, 0.5) is 0 Å². The van der Waals surface area contributed by atoms with Crippen molar-refractivity contribution in [3.8, 4) is 0 Å². The lowest BCUT2D eigenvalue weighted by Gasteiger charge is -2.13. The van der Waals surface area contributed by atoms with Crippen molar-refractivity contribution in [3.05, 3.63) is 34.9 Å². The van der Waals surface area contributed by atoms with E-state index >= 15 is 0 Å². The lowest BCUT2D eigenvalue weighted by atomic mass is 10.1. The first kappa shape index (κ1) is 16.0. The first-order valence-corrected chi connectivity index (χ1v) is 7.05. The van der Waals surface area contributed by atoms with Crippen LogP contribution in [0.15, 0.2) is 24.3 Å². The highest BCUT2D eigenvalue weighted by Crippen LogP contribution is 2.16. The minimum absolute atomic E-state index is 0.0530. The molecule has 1 aromatic rings. The van der Waals surface area contributed by atoms with Crippen LogP contribution in [0, 0.1) is 5.92 Å². The predicted octanol–water partition coefficient (Wildman–Crippen LogP) is 2.80. The van der Waals surface area contributed by atoms with Gasteiger partial charge in [-0.3, -0.25) is 4.79 Å². The molecule has 0 aromatic heterocycles. The Balaban J connectivity index is 2.27. The molecule has 0 fully saturated rings. The number of hydrogen-bond donors (Lipinski definition) is 2. The lowest BCUT2D eigenvalue weighted by molar-refractivity contribution is -0.121. The van der Waals surface area contributed by atoms with Crippen LogP contribution >= 0.6 is 11.6 Å². The third kappa shape index (κ3) is 6.60. The molecular weight excluding hydrogens is 262 g/mol. The maximum Gasteiger partial charge on any atom is 0.220 e. The third-order valence-corrected chi connectivity index (χ3v) is 3.23. The molecule has 0 spiro atoms. The molecule has 2 N–H and O–H groups in total. The number of aliphatic hydroxyl groups is 1. The molecule has 0 saturated heterocycles. The standard InChI is InChI=1S/C15H22ClNO2/c1-11(2)9-13(18)10-17-15(19)8-7-12-5-3-4-6-14(12)16/h3-6,11,13,18H,7-10H2,1-2H3,(H,17,19). The summed E-state index contributed by atoms with van der Waals surface area (Å²) in [6, 6.07) is 7.52. The van der Waals surface area contributed by atoms with Gasteiger partial charge in [0.25, 0.3) is 0 Å². The smallest absolute Gasteiger partial charge is 0.220 e. The van der Waals surface area contributed by atoms with Crippen LogP contribution in [-0.2, 0) is 11.2 Å². The highest BCUT2D eigenvalue weighted by molar-refractivity contribution is 6.31. The van der Waals surface area contributed by atoms with Gasteiger partial charge in [-0.05, 0) is 30.4 Å². The van der Waals surface area contributed by atoms with Crippen LogP contribution in [-0.4, -0.2) is 23.7 Å². The molecule has 0 aliphatic rings. The van der Waals surface area contributed by atoms with Crippen LogP contribution in [0.3, 0.4) is 0 Å². The number of nitrogens with one attached hydrogen (secondary N) is 1. The zero-order valence-electron chi connectivity index (χ0n) is 11.5. The van der Waals surface area contributed by atoms with Crippen molar-refractivity contribution >= 4 is 17.5 Å². The normalized spacial score (nSPS) is 12.5. The van der Waals surface area contributed by atoms with Crippen molar-refractivity contribution in [2.75, 3.05) is 6.54 Å². The zero-order valence-corrected chi connectivity index (χ0v) is 12.3. The van der Waals surface area contributed by atoms with E-state index in [1.54, 1.807) is 0 Å². The average Bonchev–Trinajstić information content (AvgIpc) is 2.34. The Labute approximate surface area is 120 Å². The van der Waals surface area contributed by atoms with E-state index in [0.29, 0.717) is 36.7 Å². The Morgan fingerprint density at radius 1 is 1.37 bits per heavy atom. The first-order chi connectivity index (χ1) is 8.99. The summed E-state index contributed by atoms with van der Waals surface area (Å²) < 4.78 is 0. The number of carbonyl (C=O) groups excluding carboxylic acids is 1. The Morgan fingerprint density at radius 3 is 2.68 bits per heavy atom. The van der Waals surface area contributed by atoms with E-state index in [0.717, 1.165) is 5.56 Å². The number of benzene rings is 1. The van der Waals surface area contributed by atoms with Gasteiger partial charge in [-0.15, -0.1) is 0 Å². The molecule has 0 bridgehead atoms. The summed E-state index contributed by atoms with van der Waals surface area (Å²) in [5.74, 6) is 0.373. The minimum Gasteiger partial charge on any atom is -0.391 e. The van der Waals surface area contributed by atoms with Crippen LogP contribution in [0.5, 0.6) is 0 Å². The molecule has 0 saturated carbocycles. The maximum absolute atomic E-state index is 11.7. The van der Waals surface area contributed by atoms with Gasteiger partial charge in [-0.2, -0.15) is 0 Å². The number of hydrogen-bond acceptors (Lipinski definition) is 2. The van der Waals surface area contributed by atoms with E-state index in [9.17, 15) is 9.90 Å². The Hall–Kier alpha value is -1.06. The second-order valence-electron chi connectivity index (χ2n) is 5.18. The fraction of sp³-hybridized carbons (Fsp3) is 0.533. The van der Waals surface area contributed by atoms with Gasteiger partial charge in [-0.1, -0.05) is 43.6 Å². The van der Waals surface area contributed by atoms with E-state index in [1.165, 1.54) is 0 Å². The SMILES string of the molecule is CC(C)CC(O)CNC(=O)CCc1ccccc1Cl. The number of carbonyl (C=O) groups is 1. The lowest BCUT2D eigenvalue weighted by Crippen LogP contribution is -2.32. The minimum atomic E-state index is -0.468. The average molecular weight is 284 g/mol. The van der Waals surface area contributed by atoms with Crippen molar-refractivity contribution in [2.24, 2.45) is 5.92 Å². The summed E-state index contributed by atoms with van der Waals surface area (Å²) in [7, 11) is 0. The fourth-order valence-electron chi connectivity index (χ4n) is 1.90. The molecule has 19 heavy (non-hydrogen) atoms. The van der Waals surface area contributed by atoms with E-state index < -0.39 is 6.10 Å². The van der Waals surface area contributed by atoms with Gasteiger partial charge in [0.05, 0.1) is 6.10 Å². The van der Waals surface area contributed by atoms with Gasteiger partial charge >= 0.3 is 0 Å². The molecule has 0 aliphatic carbocycles. The van der Waals surface area contributed by atoms with E-state index in [-0.39, 0.29) is 5.91 Å². The summed E-state index contributed by atoms with van der Waals surface area (Å²) >= 11 is 6.02. The Morgan fingerprint density at radius 2 is 2.05 bits per heavy atom. The molecule has 0 heterocycles. The molecule has 1 rings (SSSR count). The quantitative estimate of drug-likeness (QED) is 0.808. The molecule has 1 atom stereocenters. The number of aryl methyl sites for hydroxylation is 1. The zero-order chi connectivity index (χ0) is 14.3. The number of halogens is 1. The molecule has 1 aromatic carbocycles. The summed E-state index contributed by atoms with van der Waals surface area (Å²) in [6.07, 6.45) is 1.23. The number of rotatable bonds is 7. The predicted molar refractivity (Wildman–Crippen MR) is 78.2 cm³/mol. The van der Waals surface area contributed by atoms with Crippen molar-refractivity contribution in [1.29, 1.82) is 0 Å². The van der Waals surface area contributed by atoms with Crippen LogP contribution in [0.2, 0.25) is 5.02 Å². The molecule has 1 unspecified atom stereocenters. The first-order valence-electron chi connectivity index (χ1n) is 6.67. The highest BCUT2D eigenvalue weighted by Gasteiger charge is 2.09. The maximum atomic E-state index is 11.7. The monoisotopic (exact) mass is 283 g/mol. The van der Waals surface area contributed by atoms with Gasteiger partial charge in [0, 0.05) is 18.0 Å². The summed E-state index contributed by atoms with van der Waals surface area (Å²) in [4.78, 5) is 11.7. The van der Waals surface area contributed by atoms with Crippen LogP contribution in [0.25, 0.3) is 0 Å². The van der Waals surface area contributed by atoms with Crippen molar-refractivity contribution in [1.82, 2.24) is 5.32 Å². The number of amides is 1. The van der Waals surface area contributed by atoms with Gasteiger partial charge in [0.2, 0.25) is 5.91 Å². The second-order valence-corrected chi connectivity index (χ2v) is 5.59. The van der Waals surface area contributed by atoms with Crippen LogP contribution < -0.4 is 5.32 Å². The second kappa shape index (κ2) is 8.18. The van der Waals surface area contributed by atoms with Crippen molar-refractivity contribution in [2.45, 2.75) is 39.2 Å². The highest BCUT2D eigenvalue weighted by atomic mass is 35.5. The van der Waals surface area contributed by atoms with Gasteiger partial charge < -0.3 is 10.4 Å². The molecule has 0 aliphatic heterocycles. The van der Waals surface area contributed by atoms with Crippen LogP contribution in [0.1, 0.15) is 32.3 Å². The van der Waals surface area contributed by atoms with Gasteiger partial charge in [0.15, 0.2) is 0 Å². The van der Waals surface area contributed by atoms with Gasteiger partial charge in [0.1, 0.15) is 0 Å². The third-order valence-electron chi connectivity index (χ3n) is 2.86. The van der Waals surface area contributed by atoms with E-state index in [2.05, 4.69) is 5.32 Å². The van der Waals surface area contributed by atoms with E-state index in [4.69, 9.17) is 11.6 Å². The molecule has 3 nitrogen and oxygen atoms in total.